The zero-order chi connectivity index (χ0) is 18.9. The fourth-order valence-corrected chi connectivity index (χ4v) is 3.06. The Balaban J connectivity index is 1.72. The van der Waals surface area contributed by atoms with Crippen LogP contribution in [0.15, 0.2) is 24.3 Å². The smallest absolute Gasteiger partial charge is 0.236 e. The first-order valence-electron chi connectivity index (χ1n) is 8.92. The monoisotopic (exact) mass is 356 g/mol. The number of carbonyl (C=O) groups is 2. The quantitative estimate of drug-likeness (QED) is 0.715. The van der Waals surface area contributed by atoms with E-state index in [0.717, 1.165) is 32.7 Å². The summed E-state index contributed by atoms with van der Waals surface area (Å²) in [6.45, 7) is 6.82. The Labute approximate surface area is 156 Å². The van der Waals surface area contributed by atoms with Gasteiger partial charge in [0.05, 0.1) is 19.6 Å². The van der Waals surface area contributed by atoms with Crippen LogP contribution >= 0.6 is 0 Å². The van der Waals surface area contributed by atoms with Crippen LogP contribution in [0.25, 0.3) is 0 Å². The van der Waals surface area contributed by atoms with Crippen LogP contribution in [0.1, 0.15) is 11.1 Å². The number of aryl methyl sites for hydroxylation is 1. The first kappa shape index (κ1) is 20.0. The summed E-state index contributed by atoms with van der Waals surface area (Å²) >= 11 is 0. The average Bonchev–Trinajstić information content (AvgIpc) is 2.60. The Morgan fingerprint density at radius 3 is 2.62 bits per heavy atom. The van der Waals surface area contributed by atoms with Crippen LogP contribution < -0.4 is 5.32 Å². The molecule has 1 aliphatic rings. The van der Waals surface area contributed by atoms with Crippen LogP contribution in [0.5, 0.6) is 0 Å². The van der Waals surface area contributed by atoms with Gasteiger partial charge in [-0.2, -0.15) is 0 Å². The molecule has 2 rings (SSSR count). The van der Waals surface area contributed by atoms with Gasteiger partial charge in [0.15, 0.2) is 0 Å². The van der Waals surface area contributed by atoms with Crippen molar-refractivity contribution in [1.29, 1.82) is 0 Å². The Morgan fingerprint density at radius 2 is 1.96 bits per heavy atom. The van der Waals surface area contributed by atoms with Crippen LogP contribution in [0.4, 0.5) is 0 Å². The minimum Gasteiger partial charge on any atom is -0.344 e. The van der Waals surface area contributed by atoms with Crippen molar-refractivity contribution in [1.82, 2.24) is 20.0 Å². The minimum absolute atomic E-state index is 0.0625. The van der Waals surface area contributed by atoms with Crippen molar-refractivity contribution in [3.8, 4) is 12.3 Å². The van der Waals surface area contributed by atoms with Crippen molar-refractivity contribution >= 4 is 11.8 Å². The molecule has 140 valence electrons. The number of amides is 2. The van der Waals surface area contributed by atoms with Crippen LogP contribution in [-0.4, -0.2) is 79.4 Å². The summed E-state index contributed by atoms with van der Waals surface area (Å²) in [4.78, 5) is 30.0. The van der Waals surface area contributed by atoms with Gasteiger partial charge in [-0.25, -0.2) is 0 Å². The van der Waals surface area contributed by atoms with Gasteiger partial charge in [0.25, 0.3) is 0 Å². The molecule has 1 heterocycles. The molecular formula is C20H28N4O2. The summed E-state index contributed by atoms with van der Waals surface area (Å²) in [6.07, 6.45) is 5.11. The van der Waals surface area contributed by atoms with E-state index in [1.165, 1.54) is 11.1 Å². The van der Waals surface area contributed by atoms with Gasteiger partial charge < -0.3 is 10.2 Å². The predicted molar refractivity (Wildman–Crippen MR) is 102 cm³/mol. The molecule has 6 heteroatoms. The highest BCUT2D eigenvalue weighted by atomic mass is 16.2. The molecule has 2 amide bonds. The fourth-order valence-electron chi connectivity index (χ4n) is 3.06. The third-order valence-electron chi connectivity index (χ3n) is 4.42. The van der Waals surface area contributed by atoms with Gasteiger partial charge in [-0.05, 0) is 19.5 Å². The van der Waals surface area contributed by atoms with Crippen molar-refractivity contribution in [2.45, 2.75) is 13.5 Å². The predicted octanol–water partition coefficient (Wildman–Crippen LogP) is 0.320. The maximum Gasteiger partial charge on any atom is 0.236 e. The molecule has 0 saturated carbocycles. The van der Waals surface area contributed by atoms with Gasteiger partial charge in [-0.15, -0.1) is 6.42 Å². The van der Waals surface area contributed by atoms with Crippen molar-refractivity contribution in [3.05, 3.63) is 35.4 Å². The number of carbonyl (C=O) groups excluding carboxylic acids is 2. The lowest BCUT2D eigenvalue weighted by Gasteiger charge is -2.35. The number of hydrogen-bond donors (Lipinski definition) is 1. The normalized spacial score (nSPS) is 14.9. The third-order valence-corrected chi connectivity index (χ3v) is 4.42. The number of benzene rings is 1. The molecule has 26 heavy (non-hydrogen) atoms. The SMILES string of the molecule is C#CCNC(=O)CN(C)CC(=O)N1CCN(Cc2cccc(C)c2)CC1. The molecule has 1 aliphatic heterocycles. The highest BCUT2D eigenvalue weighted by Crippen LogP contribution is 2.10. The lowest BCUT2D eigenvalue weighted by atomic mass is 10.1. The van der Waals surface area contributed by atoms with Gasteiger partial charge in [0, 0.05) is 32.7 Å². The van der Waals surface area contributed by atoms with Gasteiger partial charge in [0.1, 0.15) is 0 Å². The zero-order valence-electron chi connectivity index (χ0n) is 15.7. The Bertz CT molecular complexity index is 660. The maximum absolute atomic E-state index is 12.4. The van der Waals surface area contributed by atoms with E-state index >= 15 is 0 Å². The van der Waals surface area contributed by atoms with Crippen LogP contribution in [-0.2, 0) is 16.1 Å². The summed E-state index contributed by atoms with van der Waals surface area (Å²) in [5, 5.41) is 2.60. The molecule has 0 aromatic heterocycles. The van der Waals surface area contributed by atoms with E-state index < -0.39 is 0 Å². The molecule has 0 aliphatic carbocycles. The van der Waals surface area contributed by atoms with E-state index in [9.17, 15) is 9.59 Å². The van der Waals surface area contributed by atoms with Gasteiger partial charge in [-0.3, -0.25) is 19.4 Å². The third kappa shape index (κ3) is 6.51. The van der Waals surface area contributed by atoms with Gasteiger partial charge >= 0.3 is 0 Å². The Morgan fingerprint density at radius 1 is 1.23 bits per heavy atom. The molecule has 1 aromatic carbocycles. The van der Waals surface area contributed by atoms with E-state index in [2.05, 4.69) is 47.3 Å². The molecule has 1 aromatic rings. The molecule has 1 saturated heterocycles. The highest BCUT2D eigenvalue weighted by molar-refractivity contribution is 5.81. The van der Waals surface area contributed by atoms with Gasteiger partial charge in [0.2, 0.25) is 11.8 Å². The molecule has 6 nitrogen and oxygen atoms in total. The molecule has 0 bridgehead atoms. The lowest BCUT2D eigenvalue weighted by molar-refractivity contribution is -0.134. The largest absolute Gasteiger partial charge is 0.344 e. The number of terminal acetylenes is 1. The summed E-state index contributed by atoms with van der Waals surface area (Å²) in [5.74, 6) is 2.26. The minimum atomic E-state index is -0.166. The summed E-state index contributed by atoms with van der Waals surface area (Å²) < 4.78 is 0. The summed E-state index contributed by atoms with van der Waals surface area (Å²) in [7, 11) is 1.77. The van der Waals surface area contributed by atoms with E-state index in [1.54, 1.807) is 11.9 Å². The zero-order valence-corrected chi connectivity index (χ0v) is 15.7. The van der Waals surface area contributed by atoms with E-state index in [0.29, 0.717) is 0 Å². The number of likely N-dealkylation sites (N-methyl/N-ethyl adjacent to an activating group) is 1. The molecule has 0 atom stereocenters. The number of nitrogens with one attached hydrogen (secondary N) is 1. The summed E-state index contributed by atoms with van der Waals surface area (Å²) in [5.41, 5.74) is 2.58. The first-order chi connectivity index (χ1) is 12.5. The average molecular weight is 356 g/mol. The Hall–Kier alpha value is -2.36. The molecule has 0 radical (unpaired) electrons. The fraction of sp³-hybridized carbons (Fsp3) is 0.500. The molecule has 1 fully saturated rings. The van der Waals surface area contributed by atoms with Gasteiger partial charge in [-0.1, -0.05) is 35.7 Å². The second-order valence-electron chi connectivity index (χ2n) is 6.80. The van der Waals surface area contributed by atoms with E-state index in [4.69, 9.17) is 6.42 Å². The van der Waals surface area contributed by atoms with Crippen molar-refractivity contribution in [2.75, 3.05) is 52.9 Å². The van der Waals surface area contributed by atoms with Crippen LogP contribution in [0.2, 0.25) is 0 Å². The molecular weight excluding hydrogens is 328 g/mol. The first-order valence-corrected chi connectivity index (χ1v) is 8.92. The maximum atomic E-state index is 12.4. The van der Waals surface area contributed by atoms with Crippen molar-refractivity contribution in [2.24, 2.45) is 0 Å². The van der Waals surface area contributed by atoms with Crippen LogP contribution in [0.3, 0.4) is 0 Å². The van der Waals surface area contributed by atoms with Crippen molar-refractivity contribution in [3.63, 3.8) is 0 Å². The lowest BCUT2D eigenvalue weighted by Crippen LogP contribution is -2.51. The van der Waals surface area contributed by atoms with E-state index in [-0.39, 0.29) is 31.4 Å². The highest BCUT2D eigenvalue weighted by Gasteiger charge is 2.22. The number of nitrogens with zero attached hydrogens (tertiary/aromatic N) is 3. The second-order valence-corrected chi connectivity index (χ2v) is 6.80. The molecule has 1 N–H and O–H groups in total. The standard InChI is InChI=1S/C20H28N4O2/c1-4-8-21-19(25)15-22(3)16-20(26)24-11-9-23(10-12-24)14-18-7-5-6-17(2)13-18/h1,5-7,13H,8-12,14-16H2,2-3H3,(H,21,25). The molecule has 0 spiro atoms. The number of piperazine rings is 1. The van der Waals surface area contributed by atoms with Crippen LogP contribution in [0, 0.1) is 19.3 Å². The number of hydrogen-bond acceptors (Lipinski definition) is 4. The topological polar surface area (TPSA) is 55.9 Å². The molecule has 0 unspecified atom stereocenters. The second kappa shape index (κ2) is 9.95. The summed E-state index contributed by atoms with van der Waals surface area (Å²) in [6, 6.07) is 8.53. The Kier molecular flexibility index (Phi) is 7.64. The van der Waals surface area contributed by atoms with Crippen molar-refractivity contribution < 1.29 is 9.59 Å². The number of rotatable bonds is 7. The van der Waals surface area contributed by atoms with E-state index in [1.807, 2.05) is 4.90 Å².